The lowest BCUT2D eigenvalue weighted by Gasteiger charge is -2.06. The van der Waals surface area contributed by atoms with E-state index >= 15 is 0 Å². The Morgan fingerprint density at radius 1 is 1.29 bits per heavy atom. The van der Waals surface area contributed by atoms with E-state index in [0.717, 1.165) is 16.5 Å². The van der Waals surface area contributed by atoms with Gasteiger partial charge in [0.15, 0.2) is 0 Å². The van der Waals surface area contributed by atoms with Crippen LogP contribution in [0.2, 0.25) is 0 Å². The minimum absolute atomic E-state index is 0.284. The Labute approximate surface area is 99.8 Å². The normalized spacial score (nSPS) is 10.6. The Balaban J connectivity index is 2.05. The standard InChI is InChI=1S/C13H15N3O/c14-12(17)6-8-15-9-11-4-1-3-10-5-2-7-16-13(10)11/h1-5,7,15H,6,8-9H2,(H2,14,17). The van der Waals surface area contributed by atoms with Crippen LogP contribution in [0.15, 0.2) is 36.5 Å². The third kappa shape index (κ3) is 3.01. The van der Waals surface area contributed by atoms with E-state index in [1.165, 1.54) is 0 Å². The number of para-hydroxylation sites is 1. The van der Waals surface area contributed by atoms with Crippen molar-refractivity contribution in [3.8, 4) is 0 Å². The predicted octanol–water partition coefficient (Wildman–Crippen LogP) is 1.20. The molecule has 88 valence electrons. The predicted molar refractivity (Wildman–Crippen MR) is 67.3 cm³/mol. The number of hydrogen-bond acceptors (Lipinski definition) is 3. The fourth-order valence-electron chi connectivity index (χ4n) is 1.74. The van der Waals surface area contributed by atoms with Crippen molar-refractivity contribution >= 4 is 16.8 Å². The number of nitrogens with one attached hydrogen (secondary N) is 1. The van der Waals surface area contributed by atoms with Crippen LogP contribution in [0.3, 0.4) is 0 Å². The summed E-state index contributed by atoms with van der Waals surface area (Å²) < 4.78 is 0. The number of primary amides is 1. The summed E-state index contributed by atoms with van der Waals surface area (Å²) in [6, 6.07) is 10.0. The van der Waals surface area contributed by atoms with Crippen LogP contribution in [-0.4, -0.2) is 17.4 Å². The molecule has 0 saturated heterocycles. The van der Waals surface area contributed by atoms with Gasteiger partial charge in [-0.25, -0.2) is 0 Å². The maximum absolute atomic E-state index is 10.6. The Morgan fingerprint density at radius 3 is 2.94 bits per heavy atom. The molecule has 0 aliphatic rings. The molecule has 0 saturated carbocycles. The van der Waals surface area contributed by atoms with Crippen molar-refractivity contribution in [3.63, 3.8) is 0 Å². The first-order valence-electron chi connectivity index (χ1n) is 5.59. The second-order valence-electron chi connectivity index (χ2n) is 3.89. The van der Waals surface area contributed by atoms with Crippen molar-refractivity contribution < 1.29 is 4.79 Å². The monoisotopic (exact) mass is 229 g/mol. The molecule has 0 atom stereocenters. The number of aromatic nitrogens is 1. The molecule has 0 unspecified atom stereocenters. The van der Waals surface area contributed by atoms with E-state index in [1.807, 2.05) is 30.3 Å². The van der Waals surface area contributed by atoms with Crippen molar-refractivity contribution in [1.29, 1.82) is 0 Å². The van der Waals surface area contributed by atoms with Gasteiger partial charge in [0.1, 0.15) is 0 Å². The van der Waals surface area contributed by atoms with E-state index in [2.05, 4.69) is 10.3 Å². The number of carbonyl (C=O) groups is 1. The lowest BCUT2D eigenvalue weighted by Crippen LogP contribution is -2.21. The molecule has 1 heterocycles. The maximum Gasteiger partial charge on any atom is 0.218 e. The first kappa shape index (κ1) is 11.5. The smallest absolute Gasteiger partial charge is 0.218 e. The van der Waals surface area contributed by atoms with Gasteiger partial charge in [-0.05, 0) is 11.6 Å². The van der Waals surface area contributed by atoms with Crippen LogP contribution in [0.25, 0.3) is 10.9 Å². The Morgan fingerprint density at radius 2 is 2.12 bits per heavy atom. The number of amides is 1. The molecule has 0 bridgehead atoms. The zero-order valence-electron chi connectivity index (χ0n) is 9.52. The van der Waals surface area contributed by atoms with Gasteiger partial charge in [0, 0.05) is 31.1 Å². The number of nitrogens with zero attached hydrogens (tertiary/aromatic N) is 1. The number of benzene rings is 1. The Kier molecular flexibility index (Phi) is 3.67. The summed E-state index contributed by atoms with van der Waals surface area (Å²) in [4.78, 5) is 15.0. The molecule has 4 nitrogen and oxygen atoms in total. The largest absolute Gasteiger partial charge is 0.370 e. The van der Waals surface area contributed by atoms with Gasteiger partial charge in [0.05, 0.1) is 5.52 Å². The van der Waals surface area contributed by atoms with Gasteiger partial charge in [-0.3, -0.25) is 9.78 Å². The van der Waals surface area contributed by atoms with E-state index in [0.29, 0.717) is 19.5 Å². The van der Waals surface area contributed by atoms with Crippen LogP contribution in [0, 0.1) is 0 Å². The van der Waals surface area contributed by atoms with Gasteiger partial charge in [-0.2, -0.15) is 0 Å². The van der Waals surface area contributed by atoms with Gasteiger partial charge < -0.3 is 11.1 Å². The van der Waals surface area contributed by atoms with Crippen LogP contribution in [0.5, 0.6) is 0 Å². The third-order valence-corrected chi connectivity index (χ3v) is 2.58. The van der Waals surface area contributed by atoms with Crippen LogP contribution >= 0.6 is 0 Å². The summed E-state index contributed by atoms with van der Waals surface area (Å²) in [5.41, 5.74) is 7.20. The Bertz CT molecular complexity index is 520. The van der Waals surface area contributed by atoms with Crippen molar-refractivity contribution in [1.82, 2.24) is 10.3 Å². The molecular formula is C13H15N3O. The fourth-order valence-corrected chi connectivity index (χ4v) is 1.74. The van der Waals surface area contributed by atoms with Gasteiger partial charge >= 0.3 is 0 Å². The van der Waals surface area contributed by atoms with Crippen molar-refractivity contribution in [2.24, 2.45) is 5.73 Å². The van der Waals surface area contributed by atoms with Crippen LogP contribution < -0.4 is 11.1 Å². The molecule has 1 aromatic carbocycles. The van der Waals surface area contributed by atoms with E-state index in [9.17, 15) is 4.79 Å². The molecule has 1 aromatic heterocycles. The second kappa shape index (κ2) is 5.41. The SMILES string of the molecule is NC(=O)CCNCc1cccc2cccnc12. The molecule has 2 aromatic rings. The van der Waals surface area contributed by atoms with E-state index in [1.54, 1.807) is 6.20 Å². The van der Waals surface area contributed by atoms with Gasteiger partial charge in [-0.1, -0.05) is 24.3 Å². The number of carbonyl (C=O) groups excluding carboxylic acids is 1. The highest BCUT2D eigenvalue weighted by Crippen LogP contribution is 2.15. The highest BCUT2D eigenvalue weighted by Gasteiger charge is 2.01. The molecule has 0 aliphatic carbocycles. The summed E-state index contributed by atoms with van der Waals surface area (Å²) in [7, 11) is 0. The lowest BCUT2D eigenvalue weighted by atomic mass is 10.1. The number of rotatable bonds is 5. The average molecular weight is 229 g/mol. The fraction of sp³-hybridized carbons (Fsp3) is 0.231. The van der Waals surface area contributed by atoms with Crippen molar-refractivity contribution in [2.45, 2.75) is 13.0 Å². The summed E-state index contributed by atoms with van der Waals surface area (Å²) in [5.74, 6) is -0.284. The molecule has 3 N–H and O–H groups in total. The van der Waals surface area contributed by atoms with E-state index in [4.69, 9.17) is 5.73 Å². The highest BCUT2D eigenvalue weighted by atomic mass is 16.1. The number of pyridine rings is 1. The van der Waals surface area contributed by atoms with Crippen LogP contribution in [0.1, 0.15) is 12.0 Å². The first-order valence-corrected chi connectivity index (χ1v) is 5.59. The van der Waals surface area contributed by atoms with Gasteiger partial charge in [0.25, 0.3) is 0 Å². The minimum atomic E-state index is -0.284. The molecule has 0 spiro atoms. The summed E-state index contributed by atoms with van der Waals surface area (Å²) in [5, 5.41) is 4.31. The highest BCUT2D eigenvalue weighted by molar-refractivity contribution is 5.81. The second-order valence-corrected chi connectivity index (χ2v) is 3.89. The topological polar surface area (TPSA) is 68.0 Å². The maximum atomic E-state index is 10.6. The molecule has 4 heteroatoms. The molecule has 0 radical (unpaired) electrons. The summed E-state index contributed by atoms with van der Waals surface area (Å²) in [6.45, 7) is 1.29. The average Bonchev–Trinajstić information content (AvgIpc) is 2.34. The lowest BCUT2D eigenvalue weighted by molar-refractivity contribution is -0.117. The summed E-state index contributed by atoms with van der Waals surface area (Å²) in [6.07, 6.45) is 2.15. The summed E-state index contributed by atoms with van der Waals surface area (Å²) >= 11 is 0. The molecule has 17 heavy (non-hydrogen) atoms. The van der Waals surface area contributed by atoms with E-state index in [-0.39, 0.29) is 5.91 Å². The zero-order valence-corrected chi connectivity index (χ0v) is 9.52. The zero-order chi connectivity index (χ0) is 12.1. The molecular weight excluding hydrogens is 214 g/mol. The van der Waals surface area contributed by atoms with Crippen LogP contribution in [0.4, 0.5) is 0 Å². The van der Waals surface area contributed by atoms with Crippen molar-refractivity contribution in [3.05, 3.63) is 42.1 Å². The van der Waals surface area contributed by atoms with Gasteiger partial charge in [0.2, 0.25) is 5.91 Å². The molecule has 1 amide bonds. The Hall–Kier alpha value is -1.94. The molecule has 0 aliphatic heterocycles. The molecule has 0 fully saturated rings. The molecule has 2 rings (SSSR count). The van der Waals surface area contributed by atoms with Crippen molar-refractivity contribution in [2.75, 3.05) is 6.54 Å². The number of fused-ring (bicyclic) bond motifs is 1. The van der Waals surface area contributed by atoms with E-state index < -0.39 is 0 Å². The number of nitrogens with two attached hydrogens (primary N) is 1. The number of hydrogen-bond donors (Lipinski definition) is 2. The van der Waals surface area contributed by atoms with Crippen LogP contribution in [-0.2, 0) is 11.3 Å². The minimum Gasteiger partial charge on any atom is -0.370 e. The quantitative estimate of drug-likeness (QED) is 0.757. The van der Waals surface area contributed by atoms with Gasteiger partial charge in [-0.15, -0.1) is 0 Å². The third-order valence-electron chi connectivity index (χ3n) is 2.58. The first-order chi connectivity index (χ1) is 8.27.